The molecule has 0 spiro atoms. The molecule has 0 aromatic carbocycles. The molecule has 0 saturated carbocycles. The Morgan fingerprint density at radius 3 is 3.06 bits per heavy atom. The molecule has 1 atom stereocenters. The summed E-state index contributed by atoms with van der Waals surface area (Å²) in [5.74, 6) is 0.0869. The summed E-state index contributed by atoms with van der Waals surface area (Å²) in [4.78, 5) is 0. The number of aromatic nitrogens is 2. The number of fused-ring (bicyclic) bond motifs is 1. The third-order valence-electron chi connectivity index (χ3n) is 3.28. The van der Waals surface area contributed by atoms with Gasteiger partial charge in [-0.15, -0.1) is 0 Å². The summed E-state index contributed by atoms with van der Waals surface area (Å²) in [6, 6.07) is -0.175. The third kappa shape index (κ3) is 2.73. The summed E-state index contributed by atoms with van der Waals surface area (Å²) in [6.45, 7) is 2.13. The Labute approximate surface area is 107 Å². The first-order valence-corrected chi connectivity index (χ1v) is 7.88. The minimum atomic E-state index is -3.20. The second-order valence-corrected chi connectivity index (χ2v) is 6.50. The first-order chi connectivity index (χ1) is 8.57. The van der Waals surface area contributed by atoms with Crippen LogP contribution in [-0.2, 0) is 23.0 Å². The van der Waals surface area contributed by atoms with Gasteiger partial charge in [0.1, 0.15) is 0 Å². The maximum absolute atomic E-state index is 11.6. The van der Waals surface area contributed by atoms with E-state index < -0.39 is 10.0 Å². The lowest BCUT2D eigenvalue weighted by molar-refractivity contribution is 0.266. The van der Waals surface area contributed by atoms with E-state index in [1.54, 1.807) is 17.8 Å². The Morgan fingerprint density at radius 2 is 2.39 bits per heavy atom. The van der Waals surface area contributed by atoms with E-state index in [0.717, 1.165) is 30.5 Å². The van der Waals surface area contributed by atoms with Gasteiger partial charge in [0.25, 0.3) is 0 Å². The number of rotatable bonds is 5. The van der Waals surface area contributed by atoms with Crippen molar-refractivity contribution in [3.63, 3.8) is 0 Å². The van der Waals surface area contributed by atoms with Crippen LogP contribution in [0.4, 0.5) is 0 Å². The lowest BCUT2D eigenvalue weighted by Gasteiger charge is -2.23. The van der Waals surface area contributed by atoms with Gasteiger partial charge in [0.15, 0.2) is 0 Å². The maximum atomic E-state index is 11.6. The Hall–Kier alpha value is -0.920. The Balaban J connectivity index is 2.23. The van der Waals surface area contributed by atoms with Gasteiger partial charge in [-0.3, -0.25) is 4.68 Å². The van der Waals surface area contributed by atoms with E-state index >= 15 is 0 Å². The SMILES string of the molecule is CCS(=O)(=O)NC1CCCc2c1cnn2CCO. The molecular formula is C11H19N3O3S. The molecule has 7 heteroatoms. The predicted molar refractivity (Wildman–Crippen MR) is 67.6 cm³/mol. The first kappa shape index (κ1) is 13.5. The summed E-state index contributed by atoms with van der Waals surface area (Å²) in [7, 11) is -3.20. The van der Waals surface area contributed by atoms with Crippen molar-refractivity contribution in [1.29, 1.82) is 0 Å². The van der Waals surface area contributed by atoms with Gasteiger partial charge < -0.3 is 5.11 Å². The van der Waals surface area contributed by atoms with E-state index in [2.05, 4.69) is 9.82 Å². The topological polar surface area (TPSA) is 84.2 Å². The number of sulfonamides is 1. The number of hydrogen-bond acceptors (Lipinski definition) is 4. The van der Waals surface area contributed by atoms with Crippen molar-refractivity contribution in [1.82, 2.24) is 14.5 Å². The van der Waals surface area contributed by atoms with Crippen LogP contribution in [0.15, 0.2) is 6.20 Å². The van der Waals surface area contributed by atoms with Gasteiger partial charge in [-0.1, -0.05) is 0 Å². The highest BCUT2D eigenvalue weighted by Crippen LogP contribution is 2.30. The molecule has 2 N–H and O–H groups in total. The van der Waals surface area contributed by atoms with Crippen LogP contribution in [0, 0.1) is 0 Å². The summed E-state index contributed by atoms with van der Waals surface area (Å²) < 4.78 is 27.7. The van der Waals surface area contributed by atoms with Crippen molar-refractivity contribution in [2.75, 3.05) is 12.4 Å². The van der Waals surface area contributed by atoms with Crippen LogP contribution in [0.5, 0.6) is 0 Å². The first-order valence-electron chi connectivity index (χ1n) is 6.23. The molecule has 18 heavy (non-hydrogen) atoms. The Bertz CT molecular complexity index is 510. The van der Waals surface area contributed by atoms with Crippen molar-refractivity contribution >= 4 is 10.0 Å². The number of aliphatic hydroxyl groups is 1. The van der Waals surface area contributed by atoms with Gasteiger partial charge in [0.05, 0.1) is 31.1 Å². The molecule has 1 heterocycles. The zero-order valence-corrected chi connectivity index (χ0v) is 11.3. The van der Waals surface area contributed by atoms with Gasteiger partial charge >= 0.3 is 0 Å². The van der Waals surface area contributed by atoms with Crippen molar-refractivity contribution in [3.05, 3.63) is 17.5 Å². The van der Waals surface area contributed by atoms with E-state index in [0.29, 0.717) is 6.54 Å². The second kappa shape index (κ2) is 5.38. The molecule has 1 aromatic rings. The van der Waals surface area contributed by atoms with E-state index in [1.807, 2.05) is 0 Å². The number of nitrogens with one attached hydrogen (secondary N) is 1. The Morgan fingerprint density at radius 1 is 1.61 bits per heavy atom. The number of hydrogen-bond donors (Lipinski definition) is 2. The molecule has 102 valence electrons. The number of nitrogens with zero attached hydrogens (tertiary/aromatic N) is 2. The van der Waals surface area contributed by atoms with Crippen LogP contribution < -0.4 is 4.72 Å². The molecule has 1 aromatic heterocycles. The van der Waals surface area contributed by atoms with Crippen molar-refractivity contribution in [2.24, 2.45) is 0 Å². The fraction of sp³-hybridized carbons (Fsp3) is 0.727. The highest BCUT2D eigenvalue weighted by atomic mass is 32.2. The molecule has 0 fully saturated rings. The average molecular weight is 273 g/mol. The van der Waals surface area contributed by atoms with E-state index in [9.17, 15) is 8.42 Å². The van der Waals surface area contributed by atoms with Crippen molar-refractivity contribution in [3.8, 4) is 0 Å². The monoisotopic (exact) mass is 273 g/mol. The second-order valence-electron chi connectivity index (χ2n) is 4.46. The van der Waals surface area contributed by atoms with E-state index in [4.69, 9.17) is 5.11 Å². The van der Waals surface area contributed by atoms with Crippen LogP contribution >= 0.6 is 0 Å². The minimum absolute atomic E-state index is 0.0411. The van der Waals surface area contributed by atoms with Gasteiger partial charge in [0.2, 0.25) is 10.0 Å². The van der Waals surface area contributed by atoms with Crippen LogP contribution in [0.2, 0.25) is 0 Å². The largest absolute Gasteiger partial charge is 0.394 e. The summed E-state index contributed by atoms with van der Waals surface area (Å²) in [5.41, 5.74) is 1.99. The molecule has 0 amide bonds. The molecule has 1 unspecified atom stereocenters. The molecule has 0 radical (unpaired) electrons. The van der Waals surface area contributed by atoms with E-state index in [1.165, 1.54) is 0 Å². The summed E-state index contributed by atoms with van der Waals surface area (Å²) >= 11 is 0. The van der Waals surface area contributed by atoms with Gasteiger partial charge in [-0.05, 0) is 26.2 Å². The minimum Gasteiger partial charge on any atom is -0.394 e. The fourth-order valence-electron chi connectivity index (χ4n) is 2.33. The molecule has 1 aliphatic carbocycles. The standard InChI is InChI=1S/C11H19N3O3S/c1-2-18(16,17)13-10-4-3-5-11-9(10)8-12-14(11)6-7-15/h8,10,13,15H,2-7H2,1H3. The summed E-state index contributed by atoms with van der Waals surface area (Å²) in [5, 5.41) is 13.2. The highest BCUT2D eigenvalue weighted by Gasteiger charge is 2.26. The zero-order valence-electron chi connectivity index (χ0n) is 10.5. The van der Waals surface area contributed by atoms with Crippen molar-refractivity contribution in [2.45, 2.75) is 38.8 Å². The molecule has 1 aliphatic rings. The van der Waals surface area contributed by atoms with Crippen molar-refractivity contribution < 1.29 is 13.5 Å². The summed E-state index contributed by atoms with van der Waals surface area (Å²) in [6.07, 6.45) is 4.34. The van der Waals surface area contributed by atoms with Crippen LogP contribution in [-0.4, -0.2) is 35.7 Å². The Kier molecular flexibility index (Phi) is 4.04. The van der Waals surface area contributed by atoms with Gasteiger partial charge in [-0.2, -0.15) is 5.10 Å². The third-order valence-corrected chi connectivity index (χ3v) is 4.68. The van der Waals surface area contributed by atoms with Crippen LogP contribution in [0.25, 0.3) is 0 Å². The van der Waals surface area contributed by atoms with Crippen LogP contribution in [0.1, 0.15) is 37.1 Å². The normalized spacial score (nSPS) is 19.8. The smallest absolute Gasteiger partial charge is 0.211 e. The molecule has 6 nitrogen and oxygen atoms in total. The molecule has 0 aliphatic heterocycles. The zero-order chi connectivity index (χ0) is 13.2. The lowest BCUT2D eigenvalue weighted by Crippen LogP contribution is -2.32. The lowest BCUT2D eigenvalue weighted by atomic mass is 9.94. The maximum Gasteiger partial charge on any atom is 0.211 e. The predicted octanol–water partition coefficient (Wildman–Crippen LogP) is 0.192. The van der Waals surface area contributed by atoms with Gasteiger partial charge in [0, 0.05) is 11.3 Å². The quantitative estimate of drug-likeness (QED) is 0.802. The molecule has 0 saturated heterocycles. The molecule has 0 bridgehead atoms. The number of aliphatic hydroxyl groups excluding tert-OH is 1. The van der Waals surface area contributed by atoms with E-state index in [-0.39, 0.29) is 18.4 Å². The average Bonchev–Trinajstić information content (AvgIpc) is 2.74. The molecule has 2 rings (SSSR count). The van der Waals surface area contributed by atoms with Gasteiger partial charge in [-0.25, -0.2) is 13.1 Å². The fourth-order valence-corrected chi connectivity index (χ4v) is 3.17. The highest BCUT2D eigenvalue weighted by molar-refractivity contribution is 7.89. The molecular weight excluding hydrogens is 254 g/mol. The van der Waals surface area contributed by atoms with Crippen LogP contribution in [0.3, 0.4) is 0 Å².